The van der Waals surface area contributed by atoms with Crippen LogP contribution in [0, 0.1) is 17.6 Å². The molecule has 0 spiro atoms. The van der Waals surface area contributed by atoms with Crippen molar-refractivity contribution in [1.82, 2.24) is 19.6 Å². The molecule has 6 nitrogen and oxygen atoms in total. The molecule has 2 aromatic rings. The highest BCUT2D eigenvalue weighted by atomic mass is 19.2. The molecule has 2 heterocycles. The first-order valence-electron chi connectivity index (χ1n) is 12.6. The Labute approximate surface area is 198 Å². The zero-order chi connectivity index (χ0) is 23.7. The minimum absolute atomic E-state index is 0.145. The molecule has 2 amide bonds. The molecule has 1 aliphatic heterocycles. The fraction of sp³-hybridized carbons (Fsp3) is 0.577. The lowest BCUT2D eigenvalue weighted by Crippen LogP contribution is -2.50. The molecule has 3 aliphatic rings. The molecule has 0 bridgehead atoms. The average Bonchev–Trinajstić information content (AvgIpc) is 3.48. The number of carbonyl (C=O) groups is 2. The standard InChI is InChI=1S/C26H32F2N4O2/c27-21-11-10-19(17-22(21)28)32-23-8-4-7-20(23)25(29-32)26(34)31-15-13-30(14-16-31)24(33)12-9-18-5-2-1-3-6-18/h10-11,17-18H,1-9,12-16H2. The summed E-state index contributed by atoms with van der Waals surface area (Å²) in [5, 5.41) is 4.54. The van der Waals surface area contributed by atoms with Gasteiger partial charge in [0.15, 0.2) is 17.3 Å². The van der Waals surface area contributed by atoms with Crippen LogP contribution in [-0.4, -0.2) is 57.6 Å². The van der Waals surface area contributed by atoms with E-state index in [0.717, 1.165) is 49.1 Å². The highest BCUT2D eigenvalue weighted by molar-refractivity contribution is 5.94. The molecule has 2 aliphatic carbocycles. The molecule has 0 atom stereocenters. The van der Waals surface area contributed by atoms with Gasteiger partial charge in [-0.15, -0.1) is 0 Å². The van der Waals surface area contributed by atoms with Crippen molar-refractivity contribution in [2.45, 2.75) is 64.2 Å². The molecule has 0 unspecified atom stereocenters. The molecule has 2 fully saturated rings. The van der Waals surface area contributed by atoms with Crippen molar-refractivity contribution in [2.75, 3.05) is 26.2 Å². The van der Waals surface area contributed by atoms with Gasteiger partial charge in [0.05, 0.1) is 5.69 Å². The Morgan fingerprint density at radius 1 is 0.912 bits per heavy atom. The summed E-state index contributed by atoms with van der Waals surface area (Å²) in [5.74, 6) is -1.10. The zero-order valence-corrected chi connectivity index (χ0v) is 19.6. The summed E-state index contributed by atoms with van der Waals surface area (Å²) in [4.78, 5) is 29.7. The van der Waals surface area contributed by atoms with Gasteiger partial charge in [-0.3, -0.25) is 9.59 Å². The topological polar surface area (TPSA) is 58.4 Å². The number of rotatable bonds is 5. The van der Waals surface area contributed by atoms with Crippen molar-refractivity contribution in [3.8, 4) is 5.69 Å². The van der Waals surface area contributed by atoms with E-state index in [9.17, 15) is 18.4 Å². The van der Waals surface area contributed by atoms with E-state index in [2.05, 4.69) is 5.10 Å². The van der Waals surface area contributed by atoms with Crippen LogP contribution < -0.4 is 0 Å². The number of nitrogens with zero attached hydrogens (tertiary/aromatic N) is 4. The second-order valence-corrected chi connectivity index (χ2v) is 9.85. The van der Waals surface area contributed by atoms with Crippen LogP contribution in [0.3, 0.4) is 0 Å². The highest BCUT2D eigenvalue weighted by Crippen LogP contribution is 2.30. The van der Waals surface area contributed by atoms with Gasteiger partial charge in [-0.05, 0) is 43.7 Å². The van der Waals surface area contributed by atoms with E-state index >= 15 is 0 Å². The maximum absolute atomic E-state index is 13.8. The Morgan fingerprint density at radius 2 is 1.65 bits per heavy atom. The second kappa shape index (κ2) is 9.84. The quantitative estimate of drug-likeness (QED) is 0.655. The molecule has 182 valence electrons. The average molecular weight is 471 g/mol. The second-order valence-electron chi connectivity index (χ2n) is 9.85. The van der Waals surface area contributed by atoms with Gasteiger partial charge in [-0.2, -0.15) is 5.10 Å². The number of amides is 2. The maximum Gasteiger partial charge on any atom is 0.274 e. The van der Waals surface area contributed by atoms with Crippen molar-refractivity contribution >= 4 is 11.8 Å². The monoisotopic (exact) mass is 470 g/mol. The van der Waals surface area contributed by atoms with Crippen molar-refractivity contribution in [2.24, 2.45) is 5.92 Å². The van der Waals surface area contributed by atoms with Gasteiger partial charge in [0.1, 0.15) is 0 Å². The summed E-state index contributed by atoms with van der Waals surface area (Å²) in [7, 11) is 0. The van der Waals surface area contributed by atoms with Gasteiger partial charge in [0.2, 0.25) is 5.91 Å². The van der Waals surface area contributed by atoms with Gasteiger partial charge in [0, 0.05) is 49.9 Å². The molecule has 1 saturated carbocycles. The third-order valence-electron chi connectivity index (χ3n) is 7.69. The normalized spacial score (nSPS) is 18.9. The Hall–Kier alpha value is -2.77. The number of halogens is 2. The smallest absolute Gasteiger partial charge is 0.274 e. The number of aromatic nitrogens is 2. The summed E-state index contributed by atoms with van der Waals surface area (Å²) in [5.41, 5.74) is 2.62. The minimum atomic E-state index is -0.933. The Kier molecular flexibility index (Phi) is 6.66. The molecule has 0 N–H and O–H groups in total. The summed E-state index contributed by atoms with van der Waals surface area (Å²) >= 11 is 0. The van der Waals surface area contributed by atoms with Crippen molar-refractivity contribution in [3.63, 3.8) is 0 Å². The summed E-state index contributed by atoms with van der Waals surface area (Å²) < 4.78 is 28.8. The Morgan fingerprint density at radius 3 is 2.38 bits per heavy atom. The molecule has 1 saturated heterocycles. The third kappa shape index (κ3) is 4.59. The van der Waals surface area contributed by atoms with E-state index < -0.39 is 11.6 Å². The molecule has 8 heteroatoms. The third-order valence-corrected chi connectivity index (χ3v) is 7.69. The van der Waals surface area contributed by atoms with Crippen LogP contribution >= 0.6 is 0 Å². The van der Waals surface area contributed by atoms with Gasteiger partial charge in [0.25, 0.3) is 5.91 Å². The van der Waals surface area contributed by atoms with Crippen LogP contribution in [0.5, 0.6) is 0 Å². The Bertz CT molecular complexity index is 1070. The van der Waals surface area contributed by atoms with Gasteiger partial charge in [-0.25, -0.2) is 13.5 Å². The highest BCUT2D eigenvalue weighted by Gasteiger charge is 2.32. The number of piperazine rings is 1. The first-order chi connectivity index (χ1) is 16.5. The minimum Gasteiger partial charge on any atom is -0.339 e. The van der Waals surface area contributed by atoms with Gasteiger partial charge >= 0.3 is 0 Å². The lowest BCUT2D eigenvalue weighted by Gasteiger charge is -2.35. The number of carbonyl (C=O) groups excluding carboxylic acids is 2. The molecule has 0 radical (unpaired) electrons. The molecule has 34 heavy (non-hydrogen) atoms. The Balaban J connectivity index is 1.23. The van der Waals surface area contributed by atoms with Crippen LogP contribution in [0.25, 0.3) is 5.69 Å². The van der Waals surface area contributed by atoms with Crippen molar-refractivity contribution in [3.05, 3.63) is 46.8 Å². The summed E-state index contributed by atoms with van der Waals surface area (Å²) in [6.07, 6.45) is 10.4. The van der Waals surface area contributed by atoms with E-state index in [-0.39, 0.29) is 11.8 Å². The van der Waals surface area contributed by atoms with Crippen LogP contribution in [-0.2, 0) is 17.6 Å². The molecule has 1 aromatic heterocycles. The van der Waals surface area contributed by atoms with Crippen LogP contribution in [0.2, 0.25) is 0 Å². The van der Waals surface area contributed by atoms with Gasteiger partial charge < -0.3 is 9.80 Å². The first kappa shape index (κ1) is 23.0. The van der Waals surface area contributed by atoms with E-state index in [1.165, 1.54) is 38.2 Å². The fourth-order valence-corrected chi connectivity index (χ4v) is 5.71. The molecule has 5 rings (SSSR count). The van der Waals surface area contributed by atoms with E-state index in [1.54, 1.807) is 9.58 Å². The predicted molar refractivity (Wildman–Crippen MR) is 124 cm³/mol. The number of fused-ring (bicyclic) bond motifs is 1. The predicted octanol–water partition coefficient (Wildman–Crippen LogP) is 4.28. The van der Waals surface area contributed by atoms with Crippen molar-refractivity contribution < 1.29 is 18.4 Å². The van der Waals surface area contributed by atoms with E-state index in [4.69, 9.17) is 0 Å². The van der Waals surface area contributed by atoms with E-state index in [1.807, 2.05) is 4.90 Å². The number of benzene rings is 1. The fourth-order valence-electron chi connectivity index (χ4n) is 5.71. The van der Waals surface area contributed by atoms with Crippen molar-refractivity contribution in [1.29, 1.82) is 0 Å². The molecule has 1 aromatic carbocycles. The summed E-state index contributed by atoms with van der Waals surface area (Å²) in [6.45, 7) is 2.06. The number of hydrogen-bond acceptors (Lipinski definition) is 3. The SMILES string of the molecule is O=C(CCC1CCCCC1)N1CCN(C(=O)c2nn(-c3ccc(F)c(F)c3)c3c2CCC3)CC1. The largest absolute Gasteiger partial charge is 0.339 e. The zero-order valence-electron chi connectivity index (χ0n) is 19.6. The number of hydrogen-bond donors (Lipinski definition) is 0. The van der Waals surface area contributed by atoms with Crippen LogP contribution in [0.4, 0.5) is 8.78 Å². The van der Waals surface area contributed by atoms with Crippen LogP contribution in [0.1, 0.15) is 73.1 Å². The first-order valence-corrected chi connectivity index (χ1v) is 12.6. The van der Waals surface area contributed by atoms with Crippen LogP contribution in [0.15, 0.2) is 18.2 Å². The maximum atomic E-state index is 13.8. The molecular formula is C26H32F2N4O2. The van der Waals surface area contributed by atoms with E-state index in [0.29, 0.717) is 49.9 Å². The lowest BCUT2D eigenvalue weighted by molar-refractivity contribution is -0.133. The summed E-state index contributed by atoms with van der Waals surface area (Å²) in [6, 6.07) is 3.68. The lowest BCUT2D eigenvalue weighted by atomic mass is 9.86. The molecular weight excluding hydrogens is 438 g/mol. The van der Waals surface area contributed by atoms with Gasteiger partial charge in [-0.1, -0.05) is 32.1 Å².